The Labute approximate surface area is 245 Å². The van der Waals surface area contributed by atoms with E-state index in [0.29, 0.717) is 5.56 Å². The molecule has 0 aromatic heterocycles. The van der Waals surface area contributed by atoms with Crippen LogP contribution >= 0.6 is 0 Å². The Kier molecular flexibility index (Phi) is 5.27. The van der Waals surface area contributed by atoms with Gasteiger partial charge in [-0.2, -0.15) is 5.26 Å². The molecule has 0 N–H and O–H groups in total. The number of para-hydroxylation sites is 1. The van der Waals surface area contributed by atoms with Crippen molar-refractivity contribution in [1.29, 1.82) is 5.26 Å². The summed E-state index contributed by atoms with van der Waals surface area (Å²) in [5.41, 5.74) is 9.05. The van der Waals surface area contributed by atoms with E-state index in [2.05, 4.69) is 134 Å². The van der Waals surface area contributed by atoms with E-state index in [-0.39, 0.29) is 5.41 Å². The molecule has 0 amide bonds. The molecule has 7 aromatic rings. The second-order valence-corrected chi connectivity index (χ2v) is 11.7. The maximum absolute atomic E-state index is 9.60. The van der Waals surface area contributed by atoms with Gasteiger partial charge >= 0.3 is 0 Å². The van der Waals surface area contributed by atoms with Crippen LogP contribution in [-0.4, -0.2) is 0 Å². The number of hydrogen-bond donors (Lipinski definition) is 0. The van der Waals surface area contributed by atoms with E-state index in [0.717, 1.165) is 17.1 Å². The van der Waals surface area contributed by atoms with Crippen LogP contribution in [0.3, 0.4) is 0 Å². The van der Waals surface area contributed by atoms with Crippen LogP contribution < -0.4 is 4.90 Å². The first-order chi connectivity index (χ1) is 20.5. The predicted molar refractivity (Wildman–Crippen MR) is 176 cm³/mol. The van der Waals surface area contributed by atoms with Gasteiger partial charge in [0.25, 0.3) is 0 Å². The van der Waals surface area contributed by atoms with Gasteiger partial charge in [-0.05, 0) is 109 Å². The Morgan fingerprint density at radius 2 is 1.19 bits per heavy atom. The number of benzene rings is 7. The molecule has 2 heteroatoms. The number of nitrogens with zero attached hydrogens (tertiary/aromatic N) is 2. The van der Waals surface area contributed by atoms with Crippen LogP contribution in [0.25, 0.3) is 43.4 Å². The van der Waals surface area contributed by atoms with Crippen molar-refractivity contribution in [2.24, 2.45) is 0 Å². The first-order valence-corrected chi connectivity index (χ1v) is 14.4. The molecule has 2 nitrogen and oxygen atoms in total. The molecular formula is C40H28N2. The average Bonchev–Trinajstić information content (AvgIpc) is 3.27. The lowest BCUT2D eigenvalue weighted by molar-refractivity contribution is 0.667. The first-order valence-electron chi connectivity index (χ1n) is 14.4. The molecule has 0 spiro atoms. The van der Waals surface area contributed by atoms with E-state index >= 15 is 0 Å². The highest BCUT2D eigenvalue weighted by Crippen LogP contribution is 2.55. The lowest BCUT2D eigenvalue weighted by Gasteiger charge is -2.26. The lowest BCUT2D eigenvalue weighted by atomic mass is 9.79. The summed E-state index contributed by atoms with van der Waals surface area (Å²) in [7, 11) is 0. The zero-order valence-electron chi connectivity index (χ0n) is 23.6. The number of rotatable bonds is 3. The maximum atomic E-state index is 9.60. The summed E-state index contributed by atoms with van der Waals surface area (Å²) in [4.78, 5) is 2.23. The Morgan fingerprint density at radius 1 is 0.548 bits per heavy atom. The van der Waals surface area contributed by atoms with Crippen molar-refractivity contribution in [2.45, 2.75) is 19.3 Å². The molecule has 0 saturated heterocycles. The van der Waals surface area contributed by atoms with Gasteiger partial charge in [0, 0.05) is 22.5 Å². The fraction of sp³-hybridized carbons (Fsp3) is 0.0750. The Bertz CT molecular complexity index is 2240. The van der Waals surface area contributed by atoms with Crippen LogP contribution in [0.5, 0.6) is 0 Å². The van der Waals surface area contributed by atoms with Crippen LogP contribution in [-0.2, 0) is 5.41 Å². The highest BCUT2D eigenvalue weighted by molar-refractivity contribution is 6.19. The highest BCUT2D eigenvalue weighted by atomic mass is 15.1. The quantitative estimate of drug-likeness (QED) is 0.210. The van der Waals surface area contributed by atoms with Gasteiger partial charge in [0.2, 0.25) is 0 Å². The van der Waals surface area contributed by atoms with Crippen molar-refractivity contribution in [2.75, 3.05) is 4.90 Å². The SMILES string of the molecule is CC1(C)c2cc3cc(N(c4ccccc4)c4cccc(C#N)c4)ccc3cc2-c2c1c1ccccc1c1ccccc21. The fourth-order valence-electron chi connectivity index (χ4n) is 7.09. The molecule has 1 aliphatic rings. The molecular weight excluding hydrogens is 508 g/mol. The molecule has 0 fully saturated rings. The third-order valence-corrected chi connectivity index (χ3v) is 8.97. The summed E-state index contributed by atoms with van der Waals surface area (Å²) in [6.07, 6.45) is 0. The van der Waals surface area contributed by atoms with Crippen molar-refractivity contribution < 1.29 is 0 Å². The first kappa shape index (κ1) is 24.4. The van der Waals surface area contributed by atoms with Crippen molar-refractivity contribution >= 4 is 49.4 Å². The minimum absolute atomic E-state index is 0.154. The van der Waals surface area contributed by atoms with Gasteiger partial charge in [0.1, 0.15) is 0 Å². The van der Waals surface area contributed by atoms with Crippen molar-refractivity contribution in [3.63, 3.8) is 0 Å². The standard InChI is InChI=1S/C40H28N2/c1-40(2)37-24-28-22-31(42(29-12-4-3-5-13-29)30-14-10-11-26(21-30)25-41)20-19-27(28)23-36(37)38-34-17-8-6-15-32(34)33-16-7-9-18-35(33)39(38)40/h3-24H,1-2H3. The van der Waals surface area contributed by atoms with Crippen molar-refractivity contribution in [3.05, 3.63) is 150 Å². The Morgan fingerprint density at radius 3 is 1.95 bits per heavy atom. The molecule has 0 bridgehead atoms. The summed E-state index contributed by atoms with van der Waals surface area (Å²) < 4.78 is 0. The fourth-order valence-corrected chi connectivity index (χ4v) is 7.09. The predicted octanol–water partition coefficient (Wildman–Crippen LogP) is 10.8. The van der Waals surface area contributed by atoms with Crippen LogP contribution in [0.4, 0.5) is 17.1 Å². The van der Waals surface area contributed by atoms with Crippen LogP contribution in [0.1, 0.15) is 30.5 Å². The van der Waals surface area contributed by atoms with E-state index in [9.17, 15) is 5.26 Å². The molecule has 42 heavy (non-hydrogen) atoms. The molecule has 0 radical (unpaired) electrons. The summed E-state index contributed by atoms with van der Waals surface area (Å²) in [5.74, 6) is 0. The second kappa shape index (κ2) is 9.06. The molecule has 0 aliphatic heterocycles. The molecule has 0 atom stereocenters. The van der Waals surface area contributed by atoms with Gasteiger partial charge in [-0.3, -0.25) is 0 Å². The summed E-state index contributed by atoms with van der Waals surface area (Å²) in [5, 5.41) is 17.3. The van der Waals surface area contributed by atoms with E-state index in [1.165, 1.54) is 54.6 Å². The Hall–Kier alpha value is -5.39. The van der Waals surface area contributed by atoms with Crippen LogP contribution in [0.2, 0.25) is 0 Å². The van der Waals surface area contributed by atoms with Crippen molar-refractivity contribution in [1.82, 2.24) is 0 Å². The van der Waals surface area contributed by atoms with Gasteiger partial charge < -0.3 is 4.90 Å². The third kappa shape index (κ3) is 3.51. The summed E-state index contributed by atoms with van der Waals surface area (Å²) in [6, 6.07) is 49.7. The molecule has 0 heterocycles. The average molecular weight is 537 g/mol. The number of nitriles is 1. The normalized spacial score (nSPS) is 13.2. The van der Waals surface area contributed by atoms with E-state index in [1.807, 2.05) is 24.3 Å². The van der Waals surface area contributed by atoms with Gasteiger partial charge in [-0.1, -0.05) is 92.7 Å². The molecule has 0 saturated carbocycles. The van der Waals surface area contributed by atoms with E-state index in [1.54, 1.807) is 0 Å². The maximum Gasteiger partial charge on any atom is 0.0992 e. The van der Waals surface area contributed by atoms with Gasteiger partial charge in [-0.25, -0.2) is 0 Å². The Balaban J connectivity index is 1.37. The van der Waals surface area contributed by atoms with Gasteiger partial charge in [0.15, 0.2) is 0 Å². The summed E-state index contributed by atoms with van der Waals surface area (Å²) in [6.45, 7) is 4.75. The van der Waals surface area contributed by atoms with Crippen LogP contribution in [0.15, 0.2) is 133 Å². The van der Waals surface area contributed by atoms with E-state index in [4.69, 9.17) is 0 Å². The zero-order valence-corrected chi connectivity index (χ0v) is 23.6. The lowest BCUT2D eigenvalue weighted by Crippen LogP contribution is -2.15. The third-order valence-electron chi connectivity index (χ3n) is 8.97. The zero-order chi connectivity index (χ0) is 28.4. The molecule has 198 valence electrons. The van der Waals surface area contributed by atoms with Gasteiger partial charge in [-0.15, -0.1) is 0 Å². The molecule has 7 aromatic carbocycles. The minimum atomic E-state index is -0.154. The molecule has 0 unspecified atom stereocenters. The van der Waals surface area contributed by atoms with Crippen molar-refractivity contribution in [3.8, 4) is 17.2 Å². The smallest absolute Gasteiger partial charge is 0.0992 e. The number of hydrogen-bond acceptors (Lipinski definition) is 2. The van der Waals surface area contributed by atoms with E-state index < -0.39 is 0 Å². The monoisotopic (exact) mass is 536 g/mol. The number of fused-ring (bicyclic) bond motifs is 9. The summed E-state index contributed by atoms with van der Waals surface area (Å²) >= 11 is 0. The highest BCUT2D eigenvalue weighted by Gasteiger charge is 2.38. The molecule has 8 rings (SSSR count). The topological polar surface area (TPSA) is 27.0 Å². The minimum Gasteiger partial charge on any atom is -0.310 e. The van der Waals surface area contributed by atoms with Crippen LogP contribution in [0, 0.1) is 11.3 Å². The molecule has 1 aliphatic carbocycles. The largest absolute Gasteiger partial charge is 0.310 e. The number of anilines is 3. The second-order valence-electron chi connectivity index (χ2n) is 11.7. The van der Waals surface area contributed by atoms with Gasteiger partial charge in [0.05, 0.1) is 11.6 Å².